The minimum absolute atomic E-state index is 0.485. The molecule has 0 unspecified atom stereocenters. The first kappa shape index (κ1) is 25.2. The highest BCUT2D eigenvalue weighted by Crippen LogP contribution is 2.55. The fourth-order valence-corrected chi connectivity index (χ4v) is 5.86. The second kappa shape index (κ2) is 10.4. The third kappa shape index (κ3) is 4.38. The molecule has 0 saturated heterocycles. The molecule has 43 heavy (non-hydrogen) atoms. The largest absolute Gasteiger partial charge is 0.453 e. The summed E-state index contributed by atoms with van der Waals surface area (Å²) >= 11 is 7.09. The molecule has 0 bridgehead atoms. The fourth-order valence-electron chi connectivity index (χ4n) is 5.61. The van der Waals surface area contributed by atoms with Gasteiger partial charge in [0, 0.05) is 16.5 Å². The molecule has 1 aromatic heterocycles. The van der Waals surface area contributed by atoms with E-state index in [1.807, 2.05) is 109 Å². The van der Waals surface area contributed by atoms with E-state index in [4.69, 9.17) is 31.3 Å². The lowest BCUT2D eigenvalue weighted by molar-refractivity contribution is 0.478. The first-order valence-corrected chi connectivity index (χ1v) is 14.4. The Morgan fingerprint density at radius 1 is 0.488 bits per heavy atom. The van der Waals surface area contributed by atoms with Gasteiger partial charge >= 0.3 is 0 Å². The number of rotatable bonds is 4. The molecule has 7 aromatic rings. The van der Waals surface area contributed by atoms with Gasteiger partial charge in [0.1, 0.15) is 0 Å². The quantitative estimate of drug-likeness (QED) is 0.209. The molecule has 6 aromatic carbocycles. The second-order valence-electron chi connectivity index (χ2n) is 10.2. The van der Waals surface area contributed by atoms with E-state index in [2.05, 4.69) is 35.2 Å². The van der Waals surface area contributed by atoms with Crippen molar-refractivity contribution in [3.05, 3.63) is 145 Å². The fraction of sp³-hybridized carbons (Fsp3) is 0. The Hall–Kier alpha value is -5.52. The first-order chi connectivity index (χ1) is 21.2. The Balaban J connectivity index is 1.42. The van der Waals surface area contributed by atoms with Crippen LogP contribution in [0.4, 0.5) is 17.1 Å². The maximum absolute atomic E-state index is 7.09. The van der Waals surface area contributed by atoms with Crippen molar-refractivity contribution < 1.29 is 4.74 Å². The highest BCUT2D eigenvalue weighted by Gasteiger charge is 2.31. The van der Waals surface area contributed by atoms with Gasteiger partial charge in [-0.3, -0.25) is 0 Å². The molecular weight excluding hydrogens is 552 g/mol. The minimum atomic E-state index is 0.485. The van der Waals surface area contributed by atoms with Gasteiger partial charge in [-0.15, -0.1) is 0 Å². The van der Waals surface area contributed by atoms with Crippen LogP contribution in [-0.4, -0.2) is 15.0 Å². The minimum Gasteiger partial charge on any atom is -0.453 e. The summed E-state index contributed by atoms with van der Waals surface area (Å²) in [5.74, 6) is 3.14. The van der Waals surface area contributed by atoms with Crippen LogP contribution in [0.1, 0.15) is 0 Å². The molecular formula is C37H23ClN4O. The van der Waals surface area contributed by atoms with Gasteiger partial charge in [0.15, 0.2) is 29.0 Å². The molecule has 0 atom stereocenters. The molecule has 1 aliphatic heterocycles. The highest BCUT2D eigenvalue weighted by molar-refractivity contribution is 6.34. The van der Waals surface area contributed by atoms with E-state index in [1.165, 1.54) is 0 Å². The number of para-hydroxylation sites is 2. The van der Waals surface area contributed by atoms with E-state index in [9.17, 15) is 0 Å². The SMILES string of the molecule is Clc1cccc(N2c3ccccc3Oc3ccc4ccccc4c32)c1-c1nc(-c2ccccc2)nc(-c2ccccc2)n1. The van der Waals surface area contributed by atoms with Crippen LogP contribution in [0.2, 0.25) is 5.02 Å². The summed E-state index contributed by atoms with van der Waals surface area (Å²) in [5.41, 5.74) is 5.16. The molecule has 0 amide bonds. The maximum atomic E-state index is 7.09. The first-order valence-electron chi connectivity index (χ1n) is 14.0. The number of aromatic nitrogens is 3. The molecule has 1 aliphatic rings. The number of hydrogen-bond acceptors (Lipinski definition) is 5. The predicted molar refractivity (Wildman–Crippen MR) is 173 cm³/mol. The summed E-state index contributed by atoms with van der Waals surface area (Å²) in [5, 5.41) is 2.70. The lowest BCUT2D eigenvalue weighted by atomic mass is 10.0. The van der Waals surface area contributed by atoms with Crippen LogP contribution in [0.5, 0.6) is 11.5 Å². The standard InChI is InChI=1S/C37H23ClN4O/c38-28-18-11-20-30(42-29-19-9-10-21-31(29)43-32-23-22-24-12-7-8-17-27(24)34(32)42)33(28)37-40-35(25-13-3-1-4-14-25)39-36(41-37)26-15-5-2-6-16-26/h1-23H. The summed E-state index contributed by atoms with van der Waals surface area (Å²) in [6.07, 6.45) is 0. The van der Waals surface area contributed by atoms with Crippen LogP contribution < -0.4 is 9.64 Å². The van der Waals surface area contributed by atoms with Crippen molar-refractivity contribution in [1.82, 2.24) is 15.0 Å². The number of fused-ring (bicyclic) bond motifs is 4. The molecule has 8 rings (SSSR count). The Labute approximate surface area is 253 Å². The normalized spacial score (nSPS) is 12.0. The van der Waals surface area contributed by atoms with E-state index < -0.39 is 0 Å². The van der Waals surface area contributed by atoms with Crippen LogP contribution in [0.15, 0.2) is 140 Å². The summed E-state index contributed by atoms with van der Waals surface area (Å²) in [6, 6.07) is 46.2. The van der Waals surface area contributed by atoms with Crippen LogP contribution in [0.3, 0.4) is 0 Å². The maximum Gasteiger partial charge on any atom is 0.167 e. The number of anilines is 3. The molecule has 0 fully saturated rings. The number of halogens is 1. The van der Waals surface area contributed by atoms with Gasteiger partial charge < -0.3 is 9.64 Å². The zero-order valence-corrected chi connectivity index (χ0v) is 23.6. The van der Waals surface area contributed by atoms with Gasteiger partial charge in [-0.05, 0) is 35.7 Å². The summed E-state index contributed by atoms with van der Waals surface area (Å²) in [4.78, 5) is 17.2. The van der Waals surface area contributed by atoms with E-state index in [0.717, 1.165) is 50.5 Å². The molecule has 0 N–H and O–H groups in total. The zero-order valence-electron chi connectivity index (χ0n) is 22.9. The number of benzene rings is 6. The lowest BCUT2D eigenvalue weighted by Gasteiger charge is -2.35. The monoisotopic (exact) mass is 574 g/mol. The Kier molecular flexibility index (Phi) is 6.09. The van der Waals surface area contributed by atoms with Gasteiger partial charge in [-0.25, -0.2) is 15.0 Å². The molecule has 5 nitrogen and oxygen atoms in total. The molecule has 204 valence electrons. The zero-order chi connectivity index (χ0) is 28.8. The van der Waals surface area contributed by atoms with Gasteiger partial charge in [-0.2, -0.15) is 0 Å². The van der Waals surface area contributed by atoms with E-state index in [0.29, 0.717) is 28.1 Å². The van der Waals surface area contributed by atoms with Gasteiger partial charge in [-0.1, -0.05) is 121 Å². The van der Waals surface area contributed by atoms with Crippen molar-refractivity contribution in [2.24, 2.45) is 0 Å². The van der Waals surface area contributed by atoms with Crippen molar-refractivity contribution in [2.45, 2.75) is 0 Å². The average Bonchev–Trinajstić information content (AvgIpc) is 3.07. The molecule has 2 heterocycles. The number of ether oxygens (including phenoxy) is 1. The molecule has 0 spiro atoms. The average molecular weight is 575 g/mol. The van der Waals surface area contributed by atoms with E-state index in [1.54, 1.807) is 0 Å². The van der Waals surface area contributed by atoms with Crippen LogP contribution in [-0.2, 0) is 0 Å². The van der Waals surface area contributed by atoms with Crippen molar-refractivity contribution in [3.8, 4) is 45.7 Å². The Morgan fingerprint density at radius 3 is 1.84 bits per heavy atom. The van der Waals surface area contributed by atoms with E-state index in [-0.39, 0.29) is 0 Å². The third-order valence-corrected chi connectivity index (χ3v) is 7.88. The smallest absolute Gasteiger partial charge is 0.167 e. The lowest BCUT2D eigenvalue weighted by Crippen LogP contribution is -2.17. The molecule has 0 saturated carbocycles. The van der Waals surface area contributed by atoms with Crippen LogP contribution in [0.25, 0.3) is 44.9 Å². The van der Waals surface area contributed by atoms with Crippen molar-refractivity contribution in [3.63, 3.8) is 0 Å². The van der Waals surface area contributed by atoms with Crippen molar-refractivity contribution in [2.75, 3.05) is 4.90 Å². The Morgan fingerprint density at radius 2 is 1.09 bits per heavy atom. The van der Waals surface area contributed by atoms with E-state index >= 15 is 0 Å². The van der Waals surface area contributed by atoms with Gasteiger partial charge in [0.25, 0.3) is 0 Å². The summed E-state index contributed by atoms with van der Waals surface area (Å²) < 4.78 is 6.45. The summed E-state index contributed by atoms with van der Waals surface area (Å²) in [6.45, 7) is 0. The second-order valence-corrected chi connectivity index (χ2v) is 10.6. The molecule has 0 radical (unpaired) electrons. The van der Waals surface area contributed by atoms with Crippen LogP contribution >= 0.6 is 11.6 Å². The summed E-state index contributed by atoms with van der Waals surface area (Å²) in [7, 11) is 0. The van der Waals surface area contributed by atoms with Crippen LogP contribution in [0, 0.1) is 0 Å². The van der Waals surface area contributed by atoms with Gasteiger partial charge in [0.2, 0.25) is 0 Å². The predicted octanol–water partition coefficient (Wildman–Crippen LogP) is 10.3. The number of hydrogen-bond donors (Lipinski definition) is 0. The van der Waals surface area contributed by atoms with Gasteiger partial charge in [0.05, 0.1) is 27.6 Å². The van der Waals surface area contributed by atoms with Crippen molar-refractivity contribution in [1.29, 1.82) is 0 Å². The third-order valence-electron chi connectivity index (χ3n) is 7.57. The highest BCUT2D eigenvalue weighted by atomic mass is 35.5. The number of nitrogens with zero attached hydrogens (tertiary/aromatic N) is 4. The molecule has 0 aliphatic carbocycles. The Bertz CT molecular complexity index is 2080. The molecule has 6 heteroatoms. The van der Waals surface area contributed by atoms with Crippen molar-refractivity contribution >= 4 is 39.4 Å². The topological polar surface area (TPSA) is 51.1 Å².